The molecule has 1 rings (SSSR count). The van der Waals surface area contributed by atoms with Gasteiger partial charge in [-0.2, -0.15) is 0 Å². The fourth-order valence-corrected chi connectivity index (χ4v) is 1.83. The molecule has 1 unspecified atom stereocenters. The lowest BCUT2D eigenvalue weighted by Gasteiger charge is -2.29. The van der Waals surface area contributed by atoms with Crippen molar-refractivity contribution in [2.24, 2.45) is 5.92 Å². The summed E-state index contributed by atoms with van der Waals surface area (Å²) >= 11 is 0. The van der Waals surface area contributed by atoms with Crippen molar-refractivity contribution in [3.05, 3.63) is 0 Å². The number of nitrogens with one attached hydrogen (secondary N) is 1. The lowest BCUT2D eigenvalue weighted by Crippen LogP contribution is -2.49. The molecule has 1 heterocycles. The Bertz CT molecular complexity index is 258. The second kappa shape index (κ2) is 5.87. The molecular weight excluding hydrogens is 204 g/mol. The van der Waals surface area contributed by atoms with Crippen LogP contribution in [0.2, 0.25) is 0 Å². The molecule has 0 aromatic carbocycles. The highest BCUT2D eigenvalue weighted by Gasteiger charge is 2.23. The minimum Gasteiger partial charge on any atom is -0.344 e. The summed E-state index contributed by atoms with van der Waals surface area (Å²) in [4.78, 5) is 25.3. The first-order valence-electron chi connectivity index (χ1n) is 6.11. The van der Waals surface area contributed by atoms with Gasteiger partial charge in [-0.1, -0.05) is 13.8 Å². The third kappa shape index (κ3) is 3.51. The van der Waals surface area contributed by atoms with Crippen molar-refractivity contribution in [2.75, 3.05) is 13.1 Å². The number of amides is 2. The molecule has 1 aliphatic heterocycles. The number of piperidine rings is 1. The van der Waals surface area contributed by atoms with Gasteiger partial charge < -0.3 is 10.2 Å². The molecule has 1 fully saturated rings. The number of hydrogen-bond donors (Lipinski definition) is 1. The predicted molar refractivity (Wildman–Crippen MR) is 62.9 cm³/mol. The highest BCUT2D eigenvalue weighted by atomic mass is 16.2. The summed E-state index contributed by atoms with van der Waals surface area (Å²) in [5, 5.41) is 2.75. The van der Waals surface area contributed by atoms with Crippen LogP contribution < -0.4 is 5.32 Å². The van der Waals surface area contributed by atoms with Crippen LogP contribution in [0.15, 0.2) is 0 Å². The van der Waals surface area contributed by atoms with E-state index in [0.29, 0.717) is 0 Å². The molecule has 0 aliphatic carbocycles. The summed E-state index contributed by atoms with van der Waals surface area (Å²) in [5.74, 6) is -0.0804. The molecule has 2 amide bonds. The van der Waals surface area contributed by atoms with Crippen molar-refractivity contribution >= 4 is 11.8 Å². The van der Waals surface area contributed by atoms with Crippen molar-refractivity contribution in [2.45, 2.75) is 46.1 Å². The lowest BCUT2D eigenvalue weighted by molar-refractivity contribution is -0.137. The highest BCUT2D eigenvalue weighted by molar-refractivity contribution is 5.87. The number of nitrogens with zero attached hydrogens (tertiary/aromatic N) is 1. The van der Waals surface area contributed by atoms with Gasteiger partial charge in [-0.3, -0.25) is 9.59 Å². The van der Waals surface area contributed by atoms with Crippen molar-refractivity contribution < 1.29 is 9.59 Å². The van der Waals surface area contributed by atoms with Gasteiger partial charge in [0.15, 0.2) is 0 Å². The molecule has 1 aliphatic rings. The molecule has 0 aromatic heterocycles. The maximum atomic E-state index is 12.0. The van der Waals surface area contributed by atoms with Crippen molar-refractivity contribution in [3.63, 3.8) is 0 Å². The molecule has 0 radical (unpaired) electrons. The first-order valence-corrected chi connectivity index (χ1v) is 6.11. The SMILES string of the molecule is CC(C)C(=O)NC(C)C(=O)N1CCCCC1. The summed E-state index contributed by atoms with van der Waals surface area (Å²) in [6.45, 7) is 7.08. The Balaban J connectivity index is 2.43. The maximum Gasteiger partial charge on any atom is 0.244 e. The topological polar surface area (TPSA) is 49.4 Å². The predicted octanol–water partition coefficient (Wildman–Crippen LogP) is 1.16. The van der Waals surface area contributed by atoms with E-state index in [9.17, 15) is 9.59 Å². The van der Waals surface area contributed by atoms with Crippen LogP contribution in [0.5, 0.6) is 0 Å². The Morgan fingerprint density at radius 1 is 1.06 bits per heavy atom. The summed E-state index contributed by atoms with van der Waals surface area (Å²) < 4.78 is 0. The van der Waals surface area contributed by atoms with E-state index in [0.717, 1.165) is 25.9 Å². The molecular formula is C12H22N2O2. The number of rotatable bonds is 3. The van der Waals surface area contributed by atoms with Crippen LogP contribution in [-0.4, -0.2) is 35.8 Å². The number of carbonyl (C=O) groups is 2. The number of likely N-dealkylation sites (tertiary alicyclic amines) is 1. The molecule has 0 spiro atoms. The smallest absolute Gasteiger partial charge is 0.244 e. The Morgan fingerprint density at radius 3 is 2.12 bits per heavy atom. The second-order valence-corrected chi connectivity index (χ2v) is 4.77. The van der Waals surface area contributed by atoms with Gasteiger partial charge in [0, 0.05) is 19.0 Å². The largest absolute Gasteiger partial charge is 0.344 e. The van der Waals surface area contributed by atoms with Crippen LogP contribution in [0, 0.1) is 5.92 Å². The van der Waals surface area contributed by atoms with E-state index in [1.165, 1.54) is 6.42 Å². The van der Waals surface area contributed by atoms with Gasteiger partial charge in [0.1, 0.15) is 6.04 Å². The van der Waals surface area contributed by atoms with Gasteiger partial charge in [-0.25, -0.2) is 0 Å². The molecule has 4 heteroatoms. The molecule has 16 heavy (non-hydrogen) atoms. The minimum absolute atomic E-state index is 0.0497. The average molecular weight is 226 g/mol. The minimum atomic E-state index is -0.395. The van der Waals surface area contributed by atoms with Gasteiger partial charge in [0.05, 0.1) is 0 Å². The second-order valence-electron chi connectivity index (χ2n) is 4.77. The third-order valence-electron chi connectivity index (χ3n) is 2.92. The summed E-state index contributed by atoms with van der Waals surface area (Å²) in [5.41, 5.74) is 0. The van der Waals surface area contributed by atoms with E-state index in [2.05, 4.69) is 5.32 Å². The van der Waals surface area contributed by atoms with Gasteiger partial charge in [0.2, 0.25) is 11.8 Å². The van der Waals surface area contributed by atoms with Gasteiger partial charge in [-0.05, 0) is 26.2 Å². The van der Waals surface area contributed by atoms with Crippen molar-refractivity contribution in [1.29, 1.82) is 0 Å². The number of carbonyl (C=O) groups excluding carboxylic acids is 2. The normalized spacial score (nSPS) is 18.4. The van der Waals surface area contributed by atoms with Crippen LogP contribution in [-0.2, 0) is 9.59 Å². The summed E-state index contributed by atoms with van der Waals surface area (Å²) in [7, 11) is 0. The Labute approximate surface area is 97.4 Å². The zero-order valence-electron chi connectivity index (χ0n) is 10.5. The van der Waals surface area contributed by atoms with E-state index in [1.807, 2.05) is 18.7 Å². The third-order valence-corrected chi connectivity index (χ3v) is 2.92. The van der Waals surface area contributed by atoms with Crippen LogP contribution >= 0.6 is 0 Å². The van der Waals surface area contributed by atoms with E-state index in [4.69, 9.17) is 0 Å². The highest BCUT2D eigenvalue weighted by Crippen LogP contribution is 2.10. The van der Waals surface area contributed by atoms with Crippen LogP contribution in [0.1, 0.15) is 40.0 Å². The summed E-state index contributed by atoms with van der Waals surface area (Å²) in [6, 6.07) is -0.395. The average Bonchev–Trinajstić information content (AvgIpc) is 2.28. The quantitative estimate of drug-likeness (QED) is 0.785. The molecule has 1 atom stereocenters. The first kappa shape index (κ1) is 13.0. The molecule has 0 saturated carbocycles. The van der Waals surface area contributed by atoms with E-state index in [-0.39, 0.29) is 17.7 Å². The number of hydrogen-bond acceptors (Lipinski definition) is 2. The van der Waals surface area contributed by atoms with E-state index >= 15 is 0 Å². The van der Waals surface area contributed by atoms with Gasteiger partial charge >= 0.3 is 0 Å². The van der Waals surface area contributed by atoms with E-state index in [1.54, 1.807) is 6.92 Å². The standard InChI is InChI=1S/C12H22N2O2/c1-9(2)11(15)13-10(3)12(16)14-7-5-4-6-8-14/h9-10H,4-8H2,1-3H3,(H,13,15). The Kier molecular flexibility index (Phi) is 4.77. The monoisotopic (exact) mass is 226 g/mol. The fraction of sp³-hybridized carbons (Fsp3) is 0.833. The van der Waals surface area contributed by atoms with Crippen molar-refractivity contribution in [3.8, 4) is 0 Å². The molecule has 0 bridgehead atoms. The van der Waals surface area contributed by atoms with Crippen LogP contribution in [0.4, 0.5) is 0 Å². The van der Waals surface area contributed by atoms with Crippen molar-refractivity contribution in [1.82, 2.24) is 10.2 Å². The Morgan fingerprint density at radius 2 is 1.62 bits per heavy atom. The molecule has 92 valence electrons. The maximum absolute atomic E-state index is 12.0. The van der Waals surface area contributed by atoms with Gasteiger partial charge in [0.25, 0.3) is 0 Å². The molecule has 1 saturated heterocycles. The molecule has 1 N–H and O–H groups in total. The first-order chi connectivity index (χ1) is 7.52. The zero-order valence-corrected chi connectivity index (χ0v) is 10.5. The fourth-order valence-electron chi connectivity index (χ4n) is 1.83. The zero-order chi connectivity index (χ0) is 12.1. The molecule has 4 nitrogen and oxygen atoms in total. The Hall–Kier alpha value is -1.06. The van der Waals surface area contributed by atoms with Crippen LogP contribution in [0.3, 0.4) is 0 Å². The lowest BCUT2D eigenvalue weighted by atomic mass is 10.1. The van der Waals surface area contributed by atoms with Crippen LogP contribution in [0.25, 0.3) is 0 Å². The summed E-state index contributed by atoms with van der Waals surface area (Å²) in [6.07, 6.45) is 3.36. The van der Waals surface area contributed by atoms with E-state index < -0.39 is 6.04 Å². The van der Waals surface area contributed by atoms with Gasteiger partial charge in [-0.15, -0.1) is 0 Å². The molecule has 0 aromatic rings.